The minimum atomic E-state index is 0.213. The molecular weight excluding hydrogens is 402 g/mol. The number of amides is 1. The van der Waals surface area contributed by atoms with E-state index in [1.54, 1.807) is 12.4 Å². The summed E-state index contributed by atoms with van der Waals surface area (Å²) in [6.07, 6.45) is 4.48. The fourth-order valence-electron chi connectivity index (χ4n) is 3.81. The maximum absolute atomic E-state index is 12.3. The first-order valence-corrected chi connectivity index (χ1v) is 10.4. The first-order valence-electron chi connectivity index (χ1n) is 10.0. The van der Waals surface area contributed by atoms with Gasteiger partial charge >= 0.3 is 0 Å². The van der Waals surface area contributed by atoms with Gasteiger partial charge in [0.2, 0.25) is 11.7 Å². The van der Waals surface area contributed by atoms with Crippen molar-refractivity contribution in [1.82, 2.24) is 24.6 Å². The van der Waals surface area contributed by atoms with E-state index in [0.29, 0.717) is 35.3 Å². The summed E-state index contributed by atoms with van der Waals surface area (Å²) < 4.78 is 7.42. The van der Waals surface area contributed by atoms with Crippen LogP contribution in [-0.4, -0.2) is 43.6 Å². The van der Waals surface area contributed by atoms with E-state index in [0.717, 1.165) is 42.5 Å². The Morgan fingerprint density at radius 3 is 2.80 bits per heavy atom. The number of aromatic nitrogens is 4. The Hall–Kier alpha value is -3.19. The summed E-state index contributed by atoms with van der Waals surface area (Å²) in [7, 11) is 0. The lowest BCUT2D eigenvalue weighted by molar-refractivity contribution is -0.130. The van der Waals surface area contributed by atoms with Crippen molar-refractivity contribution in [1.29, 1.82) is 0 Å². The van der Waals surface area contributed by atoms with Gasteiger partial charge in [0.15, 0.2) is 0 Å². The van der Waals surface area contributed by atoms with E-state index in [1.165, 1.54) is 0 Å². The van der Waals surface area contributed by atoms with Crippen molar-refractivity contribution in [3.8, 4) is 22.8 Å². The zero-order chi connectivity index (χ0) is 20.5. The average molecular weight is 422 g/mol. The molecule has 7 nitrogen and oxygen atoms in total. The van der Waals surface area contributed by atoms with E-state index in [9.17, 15) is 4.79 Å². The Bertz CT molecular complexity index is 1210. The topological polar surface area (TPSA) is 77.0 Å². The van der Waals surface area contributed by atoms with E-state index < -0.39 is 0 Å². The molecule has 0 spiro atoms. The largest absolute Gasteiger partial charge is 0.343 e. The van der Waals surface area contributed by atoms with Gasteiger partial charge in [0.05, 0.1) is 27.9 Å². The minimum Gasteiger partial charge on any atom is -0.343 e. The van der Waals surface area contributed by atoms with E-state index in [1.807, 2.05) is 45.9 Å². The minimum absolute atomic E-state index is 0.213. The van der Waals surface area contributed by atoms with Crippen molar-refractivity contribution in [2.24, 2.45) is 0 Å². The highest BCUT2D eigenvalue weighted by atomic mass is 35.5. The van der Waals surface area contributed by atoms with E-state index in [2.05, 4.69) is 15.1 Å². The second-order valence-corrected chi connectivity index (χ2v) is 7.79. The zero-order valence-corrected chi connectivity index (χ0v) is 17.0. The average Bonchev–Trinajstić information content (AvgIpc) is 3.53. The van der Waals surface area contributed by atoms with E-state index >= 15 is 0 Å². The van der Waals surface area contributed by atoms with E-state index in [4.69, 9.17) is 16.1 Å². The van der Waals surface area contributed by atoms with Crippen LogP contribution in [0.1, 0.15) is 19.3 Å². The van der Waals surface area contributed by atoms with Gasteiger partial charge < -0.3 is 14.0 Å². The molecule has 4 aromatic rings. The van der Waals surface area contributed by atoms with Crippen molar-refractivity contribution in [3.05, 3.63) is 53.8 Å². The maximum Gasteiger partial charge on any atom is 0.259 e. The molecule has 0 bridgehead atoms. The molecular formula is C22H20ClN5O2. The van der Waals surface area contributed by atoms with Crippen molar-refractivity contribution in [2.75, 3.05) is 13.1 Å². The van der Waals surface area contributed by atoms with Crippen LogP contribution in [0.3, 0.4) is 0 Å². The highest BCUT2D eigenvalue weighted by Gasteiger charge is 2.18. The number of hydrogen-bond acceptors (Lipinski definition) is 5. The maximum atomic E-state index is 12.3. The molecule has 0 atom stereocenters. The molecule has 1 aliphatic rings. The number of aryl methyl sites for hydroxylation is 1. The monoisotopic (exact) mass is 421 g/mol. The van der Waals surface area contributed by atoms with Gasteiger partial charge in [-0.3, -0.25) is 4.79 Å². The Morgan fingerprint density at radius 1 is 1.13 bits per heavy atom. The molecule has 0 saturated carbocycles. The zero-order valence-electron chi connectivity index (χ0n) is 16.3. The third-order valence-corrected chi connectivity index (χ3v) is 5.76. The molecule has 1 aliphatic heterocycles. The van der Waals surface area contributed by atoms with Crippen LogP contribution < -0.4 is 0 Å². The van der Waals surface area contributed by atoms with Gasteiger partial charge in [-0.1, -0.05) is 28.9 Å². The normalized spacial score (nSPS) is 14.0. The number of fused-ring (bicyclic) bond motifs is 1. The summed E-state index contributed by atoms with van der Waals surface area (Å²) in [5, 5.41) is 4.65. The van der Waals surface area contributed by atoms with Gasteiger partial charge in [0, 0.05) is 31.6 Å². The molecule has 0 unspecified atom stereocenters. The quantitative estimate of drug-likeness (QED) is 0.476. The van der Waals surface area contributed by atoms with Crippen molar-refractivity contribution in [2.45, 2.75) is 25.8 Å². The highest BCUT2D eigenvalue weighted by molar-refractivity contribution is 6.33. The van der Waals surface area contributed by atoms with Crippen LogP contribution >= 0.6 is 11.6 Å². The summed E-state index contributed by atoms with van der Waals surface area (Å²) in [6.45, 7) is 2.38. The van der Waals surface area contributed by atoms with Crippen LogP contribution in [0.5, 0.6) is 0 Å². The van der Waals surface area contributed by atoms with Crippen LogP contribution in [0.4, 0.5) is 0 Å². The summed E-state index contributed by atoms with van der Waals surface area (Å²) in [5.74, 6) is 1.07. The molecule has 8 heteroatoms. The molecule has 1 fully saturated rings. The molecule has 2 aromatic carbocycles. The van der Waals surface area contributed by atoms with Crippen molar-refractivity contribution in [3.63, 3.8) is 0 Å². The Kier molecular flexibility index (Phi) is 4.96. The van der Waals surface area contributed by atoms with Gasteiger partial charge in [0.25, 0.3) is 5.89 Å². The molecule has 5 rings (SSSR count). The summed E-state index contributed by atoms with van der Waals surface area (Å²) in [6, 6.07) is 13.2. The number of halogens is 1. The Balaban J connectivity index is 1.35. The third-order valence-electron chi connectivity index (χ3n) is 5.43. The molecule has 1 amide bonds. The molecule has 30 heavy (non-hydrogen) atoms. The van der Waals surface area contributed by atoms with Gasteiger partial charge in [-0.25, -0.2) is 4.98 Å². The number of imidazole rings is 1. The fraction of sp³-hybridized carbons (Fsp3) is 0.273. The number of hydrogen-bond donors (Lipinski definition) is 0. The van der Waals surface area contributed by atoms with Crippen LogP contribution in [0.2, 0.25) is 5.02 Å². The molecule has 0 N–H and O–H groups in total. The Morgan fingerprint density at radius 2 is 1.97 bits per heavy atom. The molecule has 152 valence electrons. The first kappa shape index (κ1) is 18.8. The van der Waals surface area contributed by atoms with Crippen molar-refractivity contribution >= 4 is 28.5 Å². The number of nitrogens with zero attached hydrogens (tertiary/aromatic N) is 5. The number of likely N-dealkylation sites (tertiary alicyclic amines) is 1. The predicted molar refractivity (Wildman–Crippen MR) is 114 cm³/mol. The predicted octanol–water partition coefficient (Wildman–Crippen LogP) is 4.42. The van der Waals surface area contributed by atoms with Crippen LogP contribution in [0.15, 0.2) is 53.3 Å². The second-order valence-electron chi connectivity index (χ2n) is 7.38. The number of carbonyl (C=O) groups excluding carboxylic acids is 1. The lowest BCUT2D eigenvalue weighted by atomic mass is 10.2. The number of benzene rings is 2. The molecule has 0 aliphatic carbocycles. The third kappa shape index (κ3) is 3.57. The lowest BCUT2D eigenvalue weighted by Gasteiger charge is -2.15. The van der Waals surface area contributed by atoms with Crippen LogP contribution in [0.25, 0.3) is 33.9 Å². The van der Waals surface area contributed by atoms with Gasteiger partial charge in [0.1, 0.15) is 0 Å². The van der Waals surface area contributed by atoms with Crippen LogP contribution in [0, 0.1) is 0 Å². The summed E-state index contributed by atoms with van der Waals surface area (Å²) in [4.78, 5) is 23.2. The number of carbonyl (C=O) groups is 1. The van der Waals surface area contributed by atoms with Gasteiger partial charge in [-0.05, 0) is 43.2 Å². The second kappa shape index (κ2) is 7.91. The summed E-state index contributed by atoms with van der Waals surface area (Å²) >= 11 is 6.22. The van der Waals surface area contributed by atoms with Crippen LogP contribution in [-0.2, 0) is 11.3 Å². The number of rotatable bonds is 5. The van der Waals surface area contributed by atoms with Gasteiger partial charge in [-0.2, -0.15) is 4.98 Å². The SMILES string of the molecule is O=C(CCn1cnc2cc(-c3noc(-c4ccccc4Cl)n3)ccc21)N1CCCC1. The van der Waals surface area contributed by atoms with Crippen molar-refractivity contribution < 1.29 is 9.32 Å². The van der Waals surface area contributed by atoms with E-state index in [-0.39, 0.29) is 5.91 Å². The first-order chi connectivity index (χ1) is 14.7. The molecule has 2 aromatic heterocycles. The Labute approximate surface area is 178 Å². The lowest BCUT2D eigenvalue weighted by Crippen LogP contribution is -2.28. The molecule has 1 saturated heterocycles. The highest BCUT2D eigenvalue weighted by Crippen LogP contribution is 2.29. The standard InChI is InChI=1S/C22H20ClN5O2/c23-17-6-2-1-5-16(17)22-25-21(26-30-22)15-7-8-19-18(13-15)24-14-28(19)12-9-20(29)27-10-3-4-11-27/h1-2,5-8,13-14H,3-4,9-12H2. The van der Waals surface area contributed by atoms with Gasteiger partial charge in [-0.15, -0.1) is 0 Å². The smallest absolute Gasteiger partial charge is 0.259 e. The molecule has 0 radical (unpaired) electrons. The fourth-order valence-corrected chi connectivity index (χ4v) is 4.02. The summed E-state index contributed by atoms with van der Waals surface area (Å²) in [5.41, 5.74) is 3.31. The molecule has 3 heterocycles.